The van der Waals surface area contributed by atoms with Crippen molar-refractivity contribution in [3.8, 4) is 0 Å². The van der Waals surface area contributed by atoms with Gasteiger partial charge in [0.1, 0.15) is 11.6 Å². The highest BCUT2D eigenvalue weighted by Gasteiger charge is 2.23. The molecule has 0 aliphatic heterocycles. The fourth-order valence-corrected chi connectivity index (χ4v) is 2.83. The van der Waals surface area contributed by atoms with E-state index in [1.54, 1.807) is 26.3 Å². The third-order valence-electron chi connectivity index (χ3n) is 2.01. The minimum Gasteiger partial charge on any atom is -0.480 e. The first-order chi connectivity index (χ1) is 9.28. The first-order valence-electron chi connectivity index (χ1n) is 5.95. The molecule has 112 valence electrons. The minimum atomic E-state index is -1.08. The molecule has 1 heterocycles. The van der Waals surface area contributed by atoms with Gasteiger partial charge in [-0.05, 0) is 20.8 Å². The topological polar surface area (TPSA) is 88.5 Å². The molecule has 0 bridgehead atoms. The lowest BCUT2D eigenvalue weighted by molar-refractivity contribution is -0.138. The van der Waals surface area contributed by atoms with Gasteiger partial charge in [0.15, 0.2) is 0 Å². The number of aliphatic carboxylic acids is 1. The number of carboxylic acids is 1. The maximum Gasteiger partial charge on any atom is 0.408 e. The van der Waals surface area contributed by atoms with Gasteiger partial charge in [-0.3, -0.25) is 0 Å². The summed E-state index contributed by atoms with van der Waals surface area (Å²) in [4.78, 5) is 26.8. The molecule has 0 radical (unpaired) electrons. The van der Waals surface area contributed by atoms with E-state index in [0.29, 0.717) is 5.75 Å². The molecule has 1 unspecified atom stereocenters. The van der Waals surface area contributed by atoms with Crippen molar-refractivity contribution in [2.75, 3.05) is 5.75 Å². The number of ether oxygens (including phenoxy) is 1. The molecule has 20 heavy (non-hydrogen) atoms. The van der Waals surface area contributed by atoms with Crippen molar-refractivity contribution in [1.29, 1.82) is 0 Å². The van der Waals surface area contributed by atoms with Gasteiger partial charge in [-0.2, -0.15) is 11.8 Å². The van der Waals surface area contributed by atoms with Crippen LogP contribution in [-0.4, -0.2) is 39.5 Å². The Hall–Kier alpha value is -1.28. The number of carbonyl (C=O) groups excluding carboxylic acids is 1. The van der Waals surface area contributed by atoms with Crippen molar-refractivity contribution >= 4 is 35.2 Å². The average molecular weight is 318 g/mol. The van der Waals surface area contributed by atoms with E-state index in [9.17, 15) is 9.59 Å². The number of hydrogen-bond acceptors (Lipinski definition) is 6. The van der Waals surface area contributed by atoms with Gasteiger partial charge in [0.2, 0.25) is 0 Å². The number of thioether (sulfide) groups is 1. The zero-order valence-corrected chi connectivity index (χ0v) is 13.2. The Morgan fingerprint density at radius 2 is 2.25 bits per heavy atom. The lowest BCUT2D eigenvalue weighted by Crippen LogP contribution is -2.44. The van der Waals surface area contributed by atoms with Crippen molar-refractivity contribution in [3.63, 3.8) is 0 Å². The van der Waals surface area contributed by atoms with Crippen molar-refractivity contribution in [3.05, 3.63) is 16.6 Å². The summed E-state index contributed by atoms with van der Waals surface area (Å²) in [6.45, 7) is 5.16. The van der Waals surface area contributed by atoms with Gasteiger partial charge in [-0.1, -0.05) is 0 Å². The number of carbonyl (C=O) groups is 2. The summed E-state index contributed by atoms with van der Waals surface area (Å²) in [5.41, 5.74) is 1.98. The predicted molar refractivity (Wildman–Crippen MR) is 79.1 cm³/mol. The summed E-state index contributed by atoms with van der Waals surface area (Å²) in [6.07, 6.45) is -0.723. The van der Waals surface area contributed by atoms with Gasteiger partial charge >= 0.3 is 12.1 Å². The van der Waals surface area contributed by atoms with Crippen LogP contribution in [0.25, 0.3) is 0 Å². The van der Waals surface area contributed by atoms with E-state index in [0.717, 1.165) is 5.69 Å². The molecule has 0 aliphatic carbocycles. The summed E-state index contributed by atoms with van der Waals surface area (Å²) < 4.78 is 5.04. The van der Waals surface area contributed by atoms with Crippen LogP contribution in [0.3, 0.4) is 0 Å². The number of amides is 1. The molecule has 1 atom stereocenters. The fourth-order valence-electron chi connectivity index (χ4n) is 1.21. The highest BCUT2D eigenvalue weighted by Crippen LogP contribution is 2.14. The van der Waals surface area contributed by atoms with E-state index in [2.05, 4.69) is 10.3 Å². The van der Waals surface area contributed by atoms with Crippen LogP contribution >= 0.6 is 23.1 Å². The van der Waals surface area contributed by atoms with Crippen LogP contribution in [0, 0.1) is 0 Å². The van der Waals surface area contributed by atoms with Crippen LogP contribution in [0.4, 0.5) is 4.79 Å². The fraction of sp³-hybridized carbons (Fsp3) is 0.583. The quantitative estimate of drug-likeness (QED) is 0.837. The van der Waals surface area contributed by atoms with E-state index >= 15 is 0 Å². The molecule has 0 saturated heterocycles. The van der Waals surface area contributed by atoms with E-state index in [1.807, 2.05) is 5.38 Å². The van der Waals surface area contributed by atoms with E-state index in [4.69, 9.17) is 9.84 Å². The van der Waals surface area contributed by atoms with E-state index in [-0.39, 0.29) is 5.75 Å². The Balaban J connectivity index is 2.40. The summed E-state index contributed by atoms with van der Waals surface area (Å²) >= 11 is 2.89. The second-order valence-corrected chi connectivity index (χ2v) is 6.78. The third-order valence-corrected chi connectivity index (χ3v) is 3.71. The molecule has 1 aromatic rings. The molecule has 1 rings (SSSR count). The van der Waals surface area contributed by atoms with E-state index in [1.165, 1.54) is 23.1 Å². The Kier molecular flexibility index (Phi) is 6.28. The van der Waals surface area contributed by atoms with E-state index < -0.39 is 23.7 Å². The first kappa shape index (κ1) is 16.8. The van der Waals surface area contributed by atoms with Crippen LogP contribution in [0.5, 0.6) is 0 Å². The number of rotatable bonds is 6. The molecule has 2 N–H and O–H groups in total. The maximum absolute atomic E-state index is 11.5. The molecule has 1 amide bonds. The Bertz CT molecular complexity index is 443. The number of thiazole rings is 1. The highest BCUT2D eigenvalue weighted by atomic mass is 32.2. The molecular formula is C12H18N2O4S2. The van der Waals surface area contributed by atoms with Gasteiger partial charge in [0.05, 0.1) is 11.2 Å². The second kappa shape index (κ2) is 7.49. The average Bonchev–Trinajstić information content (AvgIpc) is 2.77. The van der Waals surface area contributed by atoms with Crippen LogP contribution in [-0.2, 0) is 15.3 Å². The second-order valence-electron chi connectivity index (χ2n) is 5.03. The minimum absolute atomic E-state index is 0.256. The zero-order valence-electron chi connectivity index (χ0n) is 11.6. The molecule has 0 saturated carbocycles. The first-order valence-corrected chi connectivity index (χ1v) is 8.05. The largest absolute Gasteiger partial charge is 0.480 e. The Labute approximate surface area is 125 Å². The number of hydrogen-bond donors (Lipinski definition) is 2. The Morgan fingerprint density at radius 3 is 2.75 bits per heavy atom. The van der Waals surface area contributed by atoms with Crippen LogP contribution in [0.1, 0.15) is 26.5 Å². The molecule has 0 fully saturated rings. The van der Waals surface area contributed by atoms with Gasteiger partial charge in [0.25, 0.3) is 0 Å². The molecule has 6 nitrogen and oxygen atoms in total. The van der Waals surface area contributed by atoms with Crippen LogP contribution in [0.15, 0.2) is 10.9 Å². The smallest absolute Gasteiger partial charge is 0.408 e. The van der Waals surface area contributed by atoms with Crippen LogP contribution in [0.2, 0.25) is 0 Å². The van der Waals surface area contributed by atoms with Gasteiger partial charge < -0.3 is 15.2 Å². The van der Waals surface area contributed by atoms with Crippen molar-refractivity contribution < 1.29 is 19.4 Å². The molecule has 0 aromatic carbocycles. The Morgan fingerprint density at radius 1 is 1.55 bits per heavy atom. The third kappa shape index (κ3) is 6.76. The number of alkyl carbamates (subject to hydrolysis) is 1. The molecule has 8 heteroatoms. The summed E-state index contributed by atoms with van der Waals surface area (Å²) in [5.74, 6) is -0.211. The number of nitrogens with zero attached hydrogens (tertiary/aromatic N) is 1. The molecule has 0 aliphatic rings. The van der Waals surface area contributed by atoms with Gasteiger partial charge in [0, 0.05) is 16.9 Å². The van der Waals surface area contributed by atoms with Gasteiger partial charge in [-0.25, -0.2) is 14.6 Å². The number of aromatic nitrogens is 1. The lowest BCUT2D eigenvalue weighted by atomic mass is 10.2. The van der Waals surface area contributed by atoms with Crippen LogP contribution < -0.4 is 5.32 Å². The van der Waals surface area contributed by atoms with Gasteiger partial charge in [-0.15, -0.1) is 11.3 Å². The SMILES string of the molecule is CC(C)(C)OC(=O)NC(CSCc1cscn1)C(=O)O. The zero-order chi connectivity index (χ0) is 15.2. The highest BCUT2D eigenvalue weighted by molar-refractivity contribution is 7.98. The summed E-state index contributed by atoms with van der Waals surface area (Å²) in [6, 6.07) is -0.978. The molecular weight excluding hydrogens is 300 g/mol. The standard InChI is InChI=1S/C12H18N2O4S2/c1-12(2,3)18-11(17)14-9(10(15)16)6-19-4-8-5-20-7-13-8/h5,7,9H,4,6H2,1-3H3,(H,14,17)(H,15,16). The lowest BCUT2D eigenvalue weighted by Gasteiger charge is -2.21. The molecule has 1 aromatic heterocycles. The van der Waals surface area contributed by atoms with Crippen molar-refractivity contribution in [1.82, 2.24) is 10.3 Å². The number of nitrogens with one attached hydrogen (secondary N) is 1. The normalized spacial score (nSPS) is 12.8. The summed E-state index contributed by atoms with van der Waals surface area (Å²) in [5, 5.41) is 13.3. The summed E-state index contributed by atoms with van der Waals surface area (Å²) in [7, 11) is 0. The maximum atomic E-state index is 11.5. The van der Waals surface area contributed by atoms with Crippen molar-refractivity contribution in [2.24, 2.45) is 0 Å². The van der Waals surface area contributed by atoms with Crippen molar-refractivity contribution in [2.45, 2.75) is 38.2 Å². The molecule has 0 spiro atoms. The predicted octanol–water partition coefficient (Wildman–Crippen LogP) is 2.35. The monoisotopic (exact) mass is 318 g/mol. The number of carboxylic acid groups (broad SMARTS) is 1.